The first-order valence-corrected chi connectivity index (χ1v) is 11.6. The van der Waals surface area contributed by atoms with Crippen LogP contribution in [0, 0.1) is 5.82 Å². The highest BCUT2D eigenvalue weighted by Crippen LogP contribution is 2.27. The van der Waals surface area contributed by atoms with Gasteiger partial charge >= 0.3 is 24.3 Å². The fraction of sp³-hybridized carbons (Fsp3) is 0.333. The summed E-state index contributed by atoms with van der Waals surface area (Å²) in [5, 5.41) is 17.2. The van der Waals surface area contributed by atoms with Gasteiger partial charge in [-0.2, -0.15) is 22.0 Å². The number of alkyl halides is 5. The monoisotopic (exact) mass is 557 g/mol. The van der Waals surface area contributed by atoms with Crippen molar-refractivity contribution in [3.05, 3.63) is 70.2 Å². The molecule has 0 amide bonds. The molecule has 3 heterocycles. The highest BCUT2D eigenvalue weighted by atomic mass is 19.4. The maximum atomic E-state index is 14.9. The molecule has 2 aromatic heterocycles. The van der Waals surface area contributed by atoms with Crippen LogP contribution >= 0.6 is 0 Å². The van der Waals surface area contributed by atoms with Crippen molar-refractivity contribution < 1.29 is 40.7 Å². The van der Waals surface area contributed by atoms with Crippen LogP contribution in [0.15, 0.2) is 51.7 Å². The van der Waals surface area contributed by atoms with Crippen LogP contribution in [0.5, 0.6) is 0 Å². The summed E-state index contributed by atoms with van der Waals surface area (Å²) >= 11 is 0. The zero-order valence-corrected chi connectivity index (χ0v) is 20.0. The van der Waals surface area contributed by atoms with Gasteiger partial charge in [0.25, 0.3) is 5.89 Å². The van der Waals surface area contributed by atoms with E-state index in [1.165, 1.54) is 12.1 Å². The number of rotatable bonds is 5. The number of aliphatic carboxylic acids is 1. The number of para-hydroxylation sites is 2. The molecule has 1 saturated heterocycles. The van der Waals surface area contributed by atoms with E-state index in [4.69, 9.17) is 14.3 Å². The van der Waals surface area contributed by atoms with Gasteiger partial charge < -0.3 is 14.8 Å². The zero-order chi connectivity index (χ0) is 28.3. The summed E-state index contributed by atoms with van der Waals surface area (Å²) in [4.78, 5) is 22.2. The molecule has 4 aromatic rings. The third-order valence-electron chi connectivity index (χ3n) is 6.04. The molecule has 0 aliphatic carbocycles. The van der Waals surface area contributed by atoms with Crippen molar-refractivity contribution in [2.24, 2.45) is 0 Å². The van der Waals surface area contributed by atoms with Crippen LogP contribution in [-0.4, -0.2) is 49.7 Å². The molecule has 2 N–H and O–H groups in total. The lowest BCUT2D eigenvalue weighted by Crippen LogP contribution is -2.35. The SMILES string of the molecule is O=C(O)C(F)(F)F.O=c1n(Cc2ccc(-c3nnc(C(F)F)o3)cc2F)c2ccccc2n1C1CCNCC1. The van der Waals surface area contributed by atoms with Crippen molar-refractivity contribution in [2.75, 3.05) is 13.1 Å². The van der Waals surface area contributed by atoms with Crippen LogP contribution in [0.1, 0.15) is 36.8 Å². The number of carbonyl (C=O) groups is 1. The van der Waals surface area contributed by atoms with Gasteiger partial charge in [0, 0.05) is 17.2 Å². The van der Waals surface area contributed by atoms with E-state index in [-0.39, 0.29) is 35.3 Å². The standard InChI is InChI=1S/C22H20F3N5O2.C2HF3O2/c23-16-11-13(20-27-28-21(32-20)19(24)25)5-6-14(16)12-29-17-3-1-2-4-18(17)30(22(29)31)15-7-9-26-10-8-15;3-2(4,5)1(6)7/h1-6,11,15,19,26H,7-10,12H2;(H,6,7). The Balaban J connectivity index is 0.000000448. The summed E-state index contributed by atoms with van der Waals surface area (Å²) in [5.74, 6) is -4.36. The van der Waals surface area contributed by atoms with E-state index in [0.29, 0.717) is 0 Å². The number of hydrogen-bond acceptors (Lipinski definition) is 6. The summed E-state index contributed by atoms with van der Waals surface area (Å²) in [5.41, 5.74) is 1.86. The lowest BCUT2D eigenvalue weighted by Gasteiger charge is -2.23. The van der Waals surface area contributed by atoms with Crippen LogP contribution < -0.4 is 11.0 Å². The molecular weight excluding hydrogens is 536 g/mol. The van der Waals surface area contributed by atoms with Gasteiger partial charge in [-0.05, 0) is 50.2 Å². The second kappa shape index (κ2) is 11.3. The van der Waals surface area contributed by atoms with Crippen molar-refractivity contribution in [3.8, 4) is 11.5 Å². The number of imidazole rings is 1. The van der Waals surface area contributed by atoms with E-state index >= 15 is 0 Å². The Morgan fingerprint density at radius 1 is 1.10 bits per heavy atom. The minimum absolute atomic E-state index is 0.0372. The molecule has 9 nitrogen and oxygen atoms in total. The molecule has 5 rings (SSSR count). The molecule has 0 unspecified atom stereocenters. The van der Waals surface area contributed by atoms with Gasteiger partial charge in [0.05, 0.1) is 17.6 Å². The molecule has 1 aliphatic heterocycles. The van der Waals surface area contributed by atoms with Crippen molar-refractivity contribution in [1.29, 1.82) is 0 Å². The molecule has 39 heavy (non-hydrogen) atoms. The van der Waals surface area contributed by atoms with Gasteiger partial charge in [-0.1, -0.05) is 18.2 Å². The van der Waals surface area contributed by atoms with Crippen LogP contribution in [0.2, 0.25) is 0 Å². The number of carboxylic acids is 1. The van der Waals surface area contributed by atoms with Gasteiger partial charge in [-0.3, -0.25) is 9.13 Å². The third kappa shape index (κ3) is 6.13. The topological polar surface area (TPSA) is 115 Å². The van der Waals surface area contributed by atoms with Crippen LogP contribution in [-0.2, 0) is 11.3 Å². The molecule has 208 valence electrons. The Hall–Kier alpha value is -4.14. The molecule has 0 spiro atoms. The number of carboxylic acid groups (broad SMARTS) is 1. The first-order chi connectivity index (χ1) is 18.5. The molecule has 1 aliphatic rings. The molecule has 2 aromatic carbocycles. The average molecular weight is 557 g/mol. The Labute approximate surface area is 215 Å². The fourth-order valence-corrected chi connectivity index (χ4v) is 4.22. The number of piperidine rings is 1. The number of aromatic nitrogens is 4. The van der Waals surface area contributed by atoms with Gasteiger partial charge in [0.1, 0.15) is 5.82 Å². The van der Waals surface area contributed by atoms with E-state index in [0.717, 1.165) is 43.0 Å². The van der Waals surface area contributed by atoms with E-state index in [9.17, 15) is 31.1 Å². The number of halogens is 6. The van der Waals surface area contributed by atoms with Gasteiger partial charge in [0.15, 0.2) is 0 Å². The number of nitrogens with zero attached hydrogens (tertiary/aromatic N) is 4. The Morgan fingerprint density at radius 3 is 2.31 bits per heavy atom. The predicted octanol–water partition coefficient (Wildman–Crippen LogP) is 4.54. The van der Waals surface area contributed by atoms with Crippen molar-refractivity contribution >= 4 is 17.0 Å². The van der Waals surface area contributed by atoms with E-state index in [1.807, 2.05) is 28.8 Å². The van der Waals surface area contributed by atoms with Gasteiger partial charge in [-0.25, -0.2) is 14.0 Å². The Kier molecular flexibility index (Phi) is 8.09. The maximum Gasteiger partial charge on any atom is 0.490 e. The van der Waals surface area contributed by atoms with Crippen molar-refractivity contribution in [2.45, 2.75) is 38.0 Å². The average Bonchev–Trinajstić information content (AvgIpc) is 3.49. The normalized spacial score (nSPS) is 14.4. The van der Waals surface area contributed by atoms with E-state index in [1.54, 1.807) is 4.57 Å². The smallest absolute Gasteiger partial charge is 0.475 e. The summed E-state index contributed by atoms with van der Waals surface area (Å²) in [6, 6.07) is 11.7. The minimum atomic E-state index is -5.08. The Morgan fingerprint density at radius 2 is 1.74 bits per heavy atom. The Bertz CT molecular complexity index is 1520. The highest BCUT2D eigenvalue weighted by Gasteiger charge is 2.38. The zero-order valence-electron chi connectivity index (χ0n) is 20.0. The maximum absolute atomic E-state index is 14.9. The molecule has 0 radical (unpaired) electrons. The molecule has 0 bridgehead atoms. The number of benzene rings is 2. The highest BCUT2D eigenvalue weighted by molar-refractivity contribution is 5.76. The summed E-state index contributed by atoms with van der Waals surface area (Å²) in [6.45, 7) is 1.72. The van der Waals surface area contributed by atoms with Crippen LogP contribution in [0.25, 0.3) is 22.5 Å². The number of nitrogens with one attached hydrogen (secondary N) is 1. The lowest BCUT2D eigenvalue weighted by atomic mass is 10.1. The predicted molar refractivity (Wildman–Crippen MR) is 125 cm³/mol. The second-order valence-corrected chi connectivity index (χ2v) is 8.56. The van der Waals surface area contributed by atoms with Gasteiger partial charge in [-0.15, -0.1) is 10.2 Å². The number of hydrogen-bond donors (Lipinski definition) is 2. The molecule has 0 saturated carbocycles. The minimum Gasteiger partial charge on any atom is -0.475 e. The first kappa shape index (κ1) is 27.9. The van der Waals surface area contributed by atoms with Gasteiger partial charge in [0.2, 0.25) is 5.89 Å². The third-order valence-corrected chi connectivity index (χ3v) is 6.04. The summed E-state index contributed by atoms with van der Waals surface area (Å²) in [7, 11) is 0. The second-order valence-electron chi connectivity index (χ2n) is 8.56. The quantitative estimate of drug-likeness (QED) is 0.347. The first-order valence-electron chi connectivity index (χ1n) is 11.6. The van der Waals surface area contributed by atoms with Crippen LogP contribution in [0.4, 0.5) is 26.3 Å². The molecule has 1 fully saturated rings. The van der Waals surface area contributed by atoms with Crippen LogP contribution in [0.3, 0.4) is 0 Å². The van der Waals surface area contributed by atoms with Crippen molar-refractivity contribution in [3.63, 3.8) is 0 Å². The molecular formula is C24H21F6N5O4. The van der Waals surface area contributed by atoms with E-state index < -0.39 is 30.3 Å². The summed E-state index contributed by atoms with van der Waals surface area (Å²) < 4.78 is 80.3. The van der Waals surface area contributed by atoms with E-state index in [2.05, 4.69) is 15.5 Å². The molecule has 0 atom stereocenters. The largest absolute Gasteiger partial charge is 0.490 e. The fourth-order valence-electron chi connectivity index (χ4n) is 4.22. The van der Waals surface area contributed by atoms with Crippen molar-refractivity contribution in [1.82, 2.24) is 24.6 Å². The number of fused-ring (bicyclic) bond motifs is 1. The summed E-state index contributed by atoms with van der Waals surface area (Å²) in [6.07, 6.45) is -6.28. The molecule has 15 heteroatoms. The lowest BCUT2D eigenvalue weighted by molar-refractivity contribution is -0.192.